The van der Waals surface area contributed by atoms with Gasteiger partial charge in [0.05, 0.1) is 5.75 Å². The van der Waals surface area contributed by atoms with E-state index in [0.29, 0.717) is 13.0 Å². The fraction of sp³-hybridized carbons (Fsp3) is 0.462. The second-order valence-corrected chi connectivity index (χ2v) is 6.70. The third kappa shape index (κ3) is 6.81. The second kappa shape index (κ2) is 7.13. The van der Waals surface area contributed by atoms with E-state index >= 15 is 0 Å². The Balaban J connectivity index is 2.29. The summed E-state index contributed by atoms with van der Waals surface area (Å²) in [5, 5.41) is 0. The highest BCUT2D eigenvalue weighted by molar-refractivity contribution is 7.90. The molecule has 0 heterocycles. The van der Waals surface area contributed by atoms with Crippen LogP contribution in [0, 0.1) is 0 Å². The summed E-state index contributed by atoms with van der Waals surface area (Å²) in [6.45, 7) is 0.580. The molecule has 0 saturated heterocycles. The minimum Gasteiger partial charge on any atom is -0.445 e. The van der Waals surface area contributed by atoms with Crippen LogP contribution < -0.4 is 0 Å². The van der Waals surface area contributed by atoms with Crippen LogP contribution in [0.3, 0.4) is 0 Å². The van der Waals surface area contributed by atoms with Crippen molar-refractivity contribution >= 4 is 15.9 Å². The minimum absolute atomic E-state index is 0.0727. The molecule has 1 aromatic rings. The Bertz CT molecular complexity index is 499. The number of amides is 1. The van der Waals surface area contributed by atoms with E-state index in [0.717, 1.165) is 5.56 Å². The minimum atomic E-state index is -2.98. The summed E-state index contributed by atoms with van der Waals surface area (Å²) in [5.74, 6) is 0.0727. The Hall–Kier alpha value is -1.56. The molecule has 0 aromatic heterocycles. The van der Waals surface area contributed by atoms with Crippen molar-refractivity contribution in [2.75, 3.05) is 25.6 Å². The van der Waals surface area contributed by atoms with Gasteiger partial charge in [0.1, 0.15) is 16.4 Å². The highest BCUT2D eigenvalue weighted by Crippen LogP contribution is 2.03. The van der Waals surface area contributed by atoms with Crippen LogP contribution in [0.2, 0.25) is 0 Å². The third-order valence-electron chi connectivity index (χ3n) is 2.53. The number of carbonyl (C=O) groups excluding carboxylic acids is 1. The molecule has 5 nitrogen and oxygen atoms in total. The first-order valence-electron chi connectivity index (χ1n) is 5.98. The van der Waals surface area contributed by atoms with Gasteiger partial charge in [0.25, 0.3) is 0 Å². The van der Waals surface area contributed by atoms with Crippen LogP contribution in [0.25, 0.3) is 0 Å². The summed E-state index contributed by atoms with van der Waals surface area (Å²) in [6, 6.07) is 9.38. The zero-order valence-electron chi connectivity index (χ0n) is 11.2. The van der Waals surface area contributed by atoms with E-state index in [1.807, 2.05) is 30.3 Å². The Labute approximate surface area is 114 Å². The van der Waals surface area contributed by atoms with E-state index in [-0.39, 0.29) is 12.4 Å². The van der Waals surface area contributed by atoms with Crippen molar-refractivity contribution in [1.82, 2.24) is 4.90 Å². The van der Waals surface area contributed by atoms with Gasteiger partial charge in [-0.05, 0) is 12.0 Å². The van der Waals surface area contributed by atoms with Crippen molar-refractivity contribution in [3.63, 3.8) is 0 Å². The molecule has 1 rings (SSSR count). The van der Waals surface area contributed by atoms with Gasteiger partial charge in [0.15, 0.2) is 0 Å². The van der Waals surface area contributed by atoms with E-state index < -0.39 is 15.9 Å². The lowest BCUT2D eigenvalue weighted by Gasteiger charge is -2.16. The highest BCUT2D eigenvalue weighted by atomic mass is 32.2. The molecule has 0 radical (unpaired) electrons. The van der Waals surface area contributed by atoms with Gasteiger partial charge in [0, 0.05) is 19.8 Å². The maximum atomic E-state index is 11.6. The Morgan fingerprint density at radius 1 is 1.26 bits per heavy atom. The summed E-state index contributed by atoms with van der Waals surface area (Å²) >= 11 is 0. The van der Waals surface area contributed by atoms with Crippen molar-refractivity contribution in [2.45, 2.75) is 13.0 Å². The topological polar surface area (TPSA) is 63.7 Å². The van der Waals surface area contributed by atoms with Crippen LogP contribution in [0.4, 0.5) is 4.79 Å². The molecule has 0 atom stereocenters. The standard InChI is InChI=1S/C13H19NO4S/c1-14(9-6-10-19(2,16)17)13(15)18-11-12-7-4-3-5-8-12/h3-5,7-8H,6,9-11H2,1-2H3. The summed E-state index contributed by atoms with van der Waals surface area (Å²) in [6.07, 6.45) is 1.15. The van der Waals surface area contributed by atoms with Crippen molar-refractivity contribution in [3.8, 4) is 0 Å². The van der Waals surface area contributed by atoms with E-state index in [4.69, 9.17) is 4.74 Å². The van der Waals surface area contributed by atoms with Gasteiger partial charge in [-0.1, -0.05) is 30.3 Å². The van der Waals surface area contributed by atoms with Crippen molar-refractivity contribution in [1.29, 1.82) is 0 Å². The molecular weight excluding hydrogens is 266 g/mol. The molecular formula is C13H19NO4S. The number of carbonyl (C=O) groups is 1. The second-order valence-electron chi connectivity index (χ2n) is 4.45. The largest absolute Gasteiger partial charge is 0.445 e. The van der Waals surface area contributed by atoms with E-state index in [1.54, 1.807) is 7.05 Å². The molecule has 6 heteroatoms. The summed E-state index contributed by atoms with van der Waals surface area (Å²) in [4.78, 5) is 13.0. The maximum Gasteiger partial charge on any atom is 0.409 e. The van der Waals surface area contributed by atoms with Gasteiger partial charge in [-0.15, -0.1) is 0 Å². The van der Waals surface area contributed by atoms with E-state index in [1.165, 1.54) is 11.2 Å². The molecule has 0 aliphatic carbocycles. The quantitative estimate of drug-likeness (QED) is 0.798. The molecule has 0 unspecified atom stereocenters. The molecule has 1 aromatic carbocycles. The number of sulfone groups is 1. The lowest BCUT2D eigenvalue weighted by molar-refractivity contribution is 0.105. The summed E-state index contributed by atoms with van der Waals surface area (Å²) < 4.78 is 27.0. The summed E-state index contributed by atoms with van der Waals surface area (Å²) in [5.41, 5.74) is 0.917. The lowest BCUT2D eigenvalue weighted by Crippen LogP contribution is -2.29. The molecule has 1 amide bonds. The first kappa shape index (κ1) is 15.5. The van der Waals surface area contributed by atoms with Crippen molar-refractivity contribution < 1.29 is 17.9 Å². The van der Waals surface area contributed by atoms with Gasteiger partial charge in [0.2, 0.25) is 0 Å². The Kier molecular flexibility index (Phi) is 5.82. The number of ether oxygens (including phenoxy) is 1. The van der Waals surface area contributed by atoms with Gasteiger partial charge < -0.3 is 9.64 Å². The molecule has 0 aliphatic heterocycles. The van der Waals surface area contributed by atoms with Crippen LogP contribution in [0.15, 0.2) is 30.3 Å². The maximum absolute atomic E-state index is 11.6. The predicted molar refractivity (Wildman–Crippen MR) is 73.6 cm³/mol. The van der Waals surface area contributed by atoms with Crippen molar-refractivity contribution in [3.05, 3.63) is 35.9 Å². The third-order valence-corrected chi connectivity index (χ3v) is 3.56. The van der Waals surface area contributed by atoms with Gasteiger partial charge in [-0.3, -0.25) is 0 Å². The first-order chi connectivity index (χ1) is 8.88. The Morgan fingerprint density at radius 2 is 1.89 bits per heavy atom. The fourth-order valence-corrected chi connectivity index (χ4v) is 2.14. The van der Waals surface area contributed by atoms with Gasteiger partial charge >= 0.3 is 6.09 Å². The number of benzene rings is 1. The SMILES string of the molecule is CN(CCCS(C)(=O)=O)C(=O)OCc1ccccc1. The van der Waals surface area contributed by atoms with Crippen LogP contribution in [-0.2, 0) is 21.2 Å². The average Bonchev–Trinajstić information content (AvgIpc) is 2.35. The number of rotatable bonds is 6. The molecule has 0 bridgehead atoms. The van der Waals surface area contributed by atoms with Crippen LogP contribution >= 0.6 is 0 Å². The smallest absolute Gasteiger partial charge is 0.409 e. The number of nitrogens with zero attached hydrogens (tertiary/aromatic N) is 1. The van der Waals surface area contributed by atoms with Crippen LogP contribution in [0.1, 0.15) is 12.0 Å². The van der Waals surface area contributed by atoms with Gasteiger partial charge in [-0.25, -0.2) is 13.2 Å². The average molecular weight is 285 g/mol. The van der Waals surface area contributed by atoms with Gasteiger partial charge in [-0.2, -0.15) is 0 Å². The van der Waals surface area contributed by atoms with Crippen LogP contribution in [-0.4, -0.2) is 45.0 Å². The van der Waals surface area contributed by atoms with Crippen LogP contribution in [0.5, 0.6) is 0 Å². The highest BCUT2D eigenvalue weighted by Gasteiger charge is 2.11. The molecule has 106 valence electrons. The first-order valence-corrected chi connectivity index (χ1v) is 8.04. The van der Waals surface area contributed by atoms with E-state index in [9.17, 15) is 13.2 Å². The fourth-order valence-electron chi connectivity index (χ4n) is 1.48. The molecule has 0 aliphatic rings. The molecule has 0 N–H and O–H groups in total. The number of hydrogen-bond acceptors (Lipinski definition) is 4. The van der Waals surface area contributed by atoms with Crippen molar-refractivity contribution in [2.24, 2.45) is 0 Å². The number of hydrogen-bond donors (Lipinski definition) is 0. The monoisotopic (exact) mass is 285 g/mol. The van der Waals surface area contributed by atoms with E-state index in [2.05, 4.69) is 0 Å². The molecule has 0 saturated carbocycles. The Morgan fingerprint density at radius 3 is 2.47 bits per heavy atom. The predicted octanol–water partition coefficient (Wildman–Crippen LogP) is 1.69. The normalized spacial score (nSPS) is 11.1. The molecule has 0 spiro atoms. The molecule has 0 fully saturated rings. The zero-order valence-corrected chi connectivity index (χ0v) is 12.0. The lowest BCUT2D eigenvalue weighted by atomic mass is 10.2. The summed E-state index contributed by atoms with van der Waals surface area (Å²) in [7, 11) is -1.39. The molecule has 19 heavy (non-hydrogen) atoms. The zero-order chi connectivity index (χ0) is 14.3.